The summed E-state index contributed by atoms with van der Waals surface area (Å²) in [5, 5.41) is 0.343. The van der Waals surface area contributed by atoms with Crippen molar-refractivity contribution in [1.82, 2.24) is 10.4 Å². The molecule has 0 saturated heterocycles. The van der Waals surface area contributed by atoms with Crippen LogP contribution in [0, 0.1) is 0 Å². The van der Waals surface area contributed by atoms with E-state index in [1.54, 1.807) is 0 Å². The zero-order valence-electron chi connectivity index (χ0n) is 5.84. The van der Waals surface area contributed by atoms with E-state index < -0.39 is 5.91 Å². The maximum Gasteiger partial charge on any atom is 0.268 e. The molecule has 0 fully saturated rings. The summed E-state index contributed by atoms with van der Waals surface area (Å²) in [5.74, 6) is 4.37. The molecule has 0 bridgehead atoms. The van der Waals surface area contributed by atoms with Crippen LogP contribution < -0.4 is 11.3 Å². The summed E-state index contributed by atoms with van der Waals surface area (Å²) < 4.78 is 0. The third-order valence-electron chi connectivity index (χ3n) is 1.21. The van der Waals surface area contributed by atoms with Crippen molar-refractivity contribution in [2.24, 2.45) is 5.84 Å². The van der Waals surface area contributed by atoms with Crippen LogP contribution in [0.3, 0.4) is 0 Å². The number of carbonyl (C=O) groups excluding carboxylic acids is 1. The molecule has 0 radical (unpaired) electrons. The minimum Gasteiger partial charge on any atom is -0.290 e. The van der Waals surface area contributed by atoms with Gasteiger partial charge in [-0.3, -0.25) is 15.2 Å². The van der Waals surface area contributed by atoms with Crippen LogP contribution in [0.15, 0.2) is 12.4 Å². The Morgan fingerprint density at radius 1 is 1.42 bits per heavy atom. The van der Waals surface area contributed by atoms with Gasteiger partial charge in [-0.1, -0.05) is 23.2 Å². The highest BCUT2D eigenvalue weighted by Crippen LogP contribution is 2.21. The van der Waals surface area contributed by atoms with E-state index in [2.05, 4.69) is 4.98 Å². The number of hydrogen-bond acceptors (Lipinski definition) is 3. The normalized spacial score (nSPS) is 9.58. The highest BCUT2D eigenvalue weighted by Gasteiger charge is 2.12. The summed E-state index contributed by atoms with van der Waals surface area (Å²) >= 11 is 11.3. The number of pyridine rings is 1. The predicted octanol–water partition coefficient (Wildman–Crippen LogP) is 0.992. The number of hydrazine groups is 1. The first kappa shape index (κ1) is 9.25. The lowest BCUT2D eigenvalue weighted by Crippen LogP contribution is -2.30. The molecule has 64 valence electrons. The molecule has 0 aromatic carbocycles. The SMILES string of the molecule is NNC(=O)c1c(Cl)cncc1Cl. The number of hydrogen-bond donors (Lipinski definition) is 2. The maximum absolute atomic E-state index is 11.0. The number of aromatic nitrogens is 1. The molecular weight excluding hydrogens is 201 g/mol. The van der Waals surface area contributed by atoms with Crippen LogP contribution in [-0.2, 0) is 0 Å². The number of rotatable bonds is 1. The van der Waals surface area contributed by atoms with Gasteiger partial charge in [0.05, 0.1) is 15.6 Å². The lowest BCUT2D eigenvalue weighted by molar-refractivity contribution is 0.0954. The van der Waals surface area contributed by atoms with Crippen LogP contribution in [0.25, 0.3) is 0 Å². The van der Waals surface area contributed by atoms with Crippen molar-refractivity contribution in [1.29, 1.82) is 0 Å². The van der Waals surface area contributed by atoms with E-state index in [0.717, 1.165) is 0 Å². The number of nitrogen functional groups attached to an aromatic ring is 1. The van der Waals surface area contributed by atoms with Crippen molar-refractivity contribution in [3.8, 4) is 0 Å². The second kappa shape index (κ2) is 3.71. The fraction of sp³-hybridized carbons (Fsp3) is 0. The molecular formula is C6H5Cl2N3O. The van der Waals surface area contributed by atoms with Crippen molar-refractivity contribution in [3.05, 3.63) is 28.0 Å². The zero-order valence-corrected chi connectivity index (χ0v) is 7.36. The van der Waals surface area contributed by atoms with Crippen molar-refractivity contribution in [2.75, 3.05) is 0 Å². The number of nitrogens with zero attached hydrogens (tertiary/aromatic N) is 1. The van der Waals surface area contributed by atoms with Crippen molar-refractivity contribution >= 4 is 29.1 Å². The largest absolute Gasteiger partial charge is 0.290 e. The Balaban J connectivity index is 3.21. The van der Waals surface area contributed by atoms with E-state index in [1.165, 1.54) is 12.4 Å². The van der Waals surface area contributed by atoms with Crippen molar-refractivity contribution < 1.29 is 4.79 Å². The summed E-state index contributed by atoms with van der Waals surface area (Å²) in [6, 6.07) is 0. The molecule has 0 spiro atoms. The number of halogens is 2. The second-order valence-corrected chi connectivity index (χ2v) is 2.77. The summed E-state index contributed by atoms with van der Waals surface area (Å²) in [7, 11) is 0. The smallest absolute Gasteiger partial charge is 0.268 e. The van der Waals surface area contributed by atoms with Gasteiger partial charge in [-0.2, -0.15) is 0 Å². The topological polar surface area (TPSA) is 68.0 Å². The molecule has 12 heavy (non-hydrogen) atoms. The molecule has 1 amide bonds. The summed E-state index contributed by atoms with van der Waals surface area (Å²) in [6.45, 7) is 0. The fourth-order valence-electron chi connectivity index (χ4n) is 0.700. The standard InChI is InChI=1S/C6H5Cl2N3O/c7-3-1-10-2-4(8)5(3)6(12)11-9/h1-2H,9H2,(H,11,12). The lowest BCUT2D eigenvalue weighted by Gasteiger charge is -2.02. The molecule has 0 unspecified atom stereocenters. The minimum atomic E-state index is -0.535. The highest BCUT2D eigenvalue weighted by atomic mass is 35.5. The third-order valence-corrected chi connectivity index (χ3v) is 1.78. The molecule has 6 heteroatoms. The average Bonchev–Trinajstić information content (AvgIpc) is 2.03. The summed E-state index contributed by atoms with van der Waals surface area (Å²) in [5.41, 5.74) is 2.06. The van der Waals surface area contributed by atoms with Gasteiger partial charge < -0.3 is 0 Å². The fourth-order valence-corrected chi connectivity index (χ4v) is 1.24. The van der Waals surface area contributed by atoms with Gasteiger partial charge in [0.25, 0.3) is 5.91 Å². The Morgan fingerprint density at radius 3 is 2.33 bits per heavy atom. The van der Waals surface area contributed by atoms with Gasteiger partial charge in [0, 0.05) is 12.4 Å². The molecule has 0 saturated carbocycles. The Bertz CT molecular complexity index is 295. The Kier molecular flexibility index (Phi) is 2.86. The molecule has 1 aromatic heterocycles. The zero-order chi connectivity index (χ0) is 9.14. The Morgan fingerprint density at radius 2 is 1.92 bits per heavy atom. The van der Waals surface area contributed by atoms with Crippen LogP contribution in [0.5, 0.6) is 0 Å². The van der Waals surface area contributed by atoms with E-state index in [9.17, 15) is 4.79 Å². The van der Waals surface area contributed by atoms with Crippen LogP contribution in [-0.4, -0.2) is 10.9 Å². The van der Waals surface area contributed by atoms with Gasteiger partial charge in [-0.15, -0.1) is 0 Å². The number of nitrogens with two attached hydrogens (primary N) is 1. The molecule has 4 nitrogen and oxygen atoms in total. The summed E-state index contributed by atoms with van der Waals surface area (Å²) in [4.78, 5) is 14.7. The van der Waals surface area contributed by atoms with E-state index in [1.807, 2.05) is 5.43 Å². The van der Waals surface area contributed by atoms with Crippen molar-refractivity contribution in [3.63, 3.8) is 0 Å². The number of carbonyl (C=O) groups is 1. The van der Waals surface area contributed by atoms with Gasteiger partial charge in [0.2, 0.25) is 0 Å². The van der Waals surface area contributed by atoms with Gasteiger partial charge in [0.15, 0.2) is 0 Å². The monoisotopic (exact) mass is 205 g/mol. The number of amides is 1. The molecule has 0 atom stereocenters. The molecule has 1 rings (SSSR count). The predicted molar refractivity (Wildman–Crippen MR) is 45.9 cm³/mol. The van der Waals surface area contributed by atoms with Gasteiger partial charge >= 0.3 is 0 Å². The van der Waals surface area contributed by atoms with Crippen LogP contribution in [0.1, 0.15) is 10.4 Å². The summed E-state index contributed by atoms with van der Waals surface area (Å²) in [6.07, 6.45) is 2.63. The first-order chi connectivity index (χ1) is 5.66. The van der Waals surface area contributed by atoms with E-state index in [0.29, 0.717) is 0 Å². The van der Waals surface area contributed by atoms with Crippen LogP contribution in [0.4, 0.5) is 0 Å². The molecule has 0 aliphatic carbocycles. The molecule has 3 N–H and O–H groups in total. The van der Waals surface area contributed by atoms with E-state index in [4.69, 9.17) is 29.0 Å². The minimum absolute atomic E-state index is 0.135. The van der Waals surface area contributed by atoms with E-state index in [-0.39, 0.29) is 15.6 Å². The van der Waals surface area contributed by atoms with Crippen LogP contribution in [0.2, 0.25) is 10.0 Å². The van der Waals surface area contributed by atoms with E-state index >= 15 is 0 Å². The molecule has 0 aliphatic rings. The first-order valence-electron chi connectivity index (χ1n) is 2.96. The molecule has 0 aliphatic heterocycles. The number of nitrogens with one attached hydrogen (secondary N) is 1. The third kappa shape index (κ3) is 1.66. The Labute approximate surface area is 78.6 Å². The van der Waals surface area contributed by atoms with Gasteiger partial charge in [0.1, 0.15) is 0 Å². The first-order valence-corrected chi connectivity index (χ1v) is 3.72. The average molecular weight is 206 g/mol. The maximum atomic E-state index is 11.0. The van der Waals surface area contributed by atoms with Gasteiger partial charge in [-0.25, -0.2) is 5.84 Å². The quantitative estimate of drug-likeness (QED) is 0.409. The second-order valence-electron chi connectivity index (χ2n) is 1.95. The Hall–Kier alpha value is -0.840. The van der Waals surface area contributed by atoms with Gasteiger partial charge in [-0.05, 0) is 0 Å². The molecule has 1 aromatic rings. The molecule has 1 heterocycles. The highest BCUT2D eigenvalue weighted by molar-refractivity contribution is 6.39. The van der Waals surface area contributed by atoms with Crippen molar-refractivity contribution in [2.45, 2.75) is 0 Å². The van der Waals surface area contributed by atoms with Crippen LogP contribution >= 0.6 is 23.2 Å². The lowest BCUT2D eigenvalue weighted by atomic mass is 10.2.